The predicted octanol–water partition coefficient (Wildman–Crippen LogP) is -0.541. The van der Waals surface area contributed by atoms with Gasteiger partial charge in [0.05, 0.1) is 24.8 Å². The first-order valence-electron chi connectivity index (χ1n) is 13.3. The topological polar surface area (TPSA) is 269 Å². The van der Waals surface area contributed by atoms with Gasteiger partial charge in [-0.3, -0.25) is 14.1 Å². The van der Waals surface area contributed by atoms with Crippen LogP contribution in [0.3, 0.4) is 0 Å². The number of anilines is 1. The van der Waals surface area contributed by atoms with E-state index in [0.717, 1.165) is 39.0 Å². The molecule has 0 bridgehead atoms. The number of methoxy groups -OCH3 is 1. The second-order valence-electron chi connectivity index (χ2n) is 10.3. The number of aliphatic hydroxyl groups excluding tert-OH is 2. The van der Waals surface area contributed by atoms with Gasteiger partial charge in [-0.2, -0.15) is 15.1 Å². The molecule has 19 nitrogen and oxygen atoms in total. The van der Waals surface area contributed by atoms with E-state index in [-0.39, 0.29) is 17.0 Å². The van der Waals surface area contributed by atoms with Crippen LogP contribution in [0.2, 0.25) is 5.28 Å². The predicted molar refractivity (Wildman–Crippen MR) is 154 cm³/mol. The Morgan fingerprint density at radius 3 is 2.57 bits per heavy atom. The van der Waals surface area contributed by atoms with Crippen molar-refractivity contribution in [2.75, 3.05) is 38.9 Å². The number of hydrogen-bond acceptors (Lipinski definition) is 13. The molecular formula is C22H34ClN8O11PS. The molecule has 1 unspecified atom stereocenters. The van der Waals surface area contributed by atoms with Crippen LogP contribution < -0.4 is 15.4 Å². The van der Waals surface area contributed by atoms with E-state index in [2.05, 4.69) is 30.1 Å². The number of rotatable bonds is 11. The van der Waals surface area contributed by atoms with Gasteiger partial charge in [-0.25, -0.2) is 13.7 Å². The van der Waals surface area contributed by atoms with E-state index in [9.17, 15) is 38.4 Å². The van der Waals surface area contributed by atoms with Gasteiger partial charge in [0, 0.05) is 26.5 Å². The van der Waals surface area contributed by atoms with Gasteiger partial charge in [0.15, 0.2) is 11.9 Å². The third-order valence-electron chi connectivity index (χ3n) is 7.10. The monoisotopic (exact) mass is 684 g/mol. The third kappa shape index (κ3) is 7.14. The minimum atomic E-state index is -5.62. The van der Waals surface area contributed by atoms with Crippen LogP contribution in [0.15, 0.2) is 10.6 Å². The fraction of sp³-hybridized carbons (Fsp3) is 0.682. The van der Waals surface area contributed by atoms with Crippen molar-refractivity contribution in [2.45, 2.75) is 61.6 Å². The number of urea groups is 1. The first-order valence-corrected chi connectivity index (χ1v) is 17.2. The zero-order chi connectivity index (χ0) is 32.4. The van der Waals surface area contributed by atoms with Gasteiger partial charge < -0.3 is 44.8 Å². The van der Waals surface area contributed by atoms with Crippen molar-refractivity contribution in [3.8, 4) is 0 Å². The molecule has 3 heterocycles. The van der Waals surface area contributed by atoms with Gasteiger partial charge in [-0.15, -0.1) is 4.36 Å². The van der Waals surface area contributed by atoms with Gasteiger partial charge in [0.2, 0.25) is 5.28 Å². The summed E-state index contributed by atoms with van der Waals surface area (Å²) in [6, 6.07) is -0.800. The number of nitrogens with one attached hydrogen (secondary N) is 3. The summed E-state index contributed by atoms with van der Waals surface area (Å²) in [6.45, 7) is -1.96. The average Bonchev–Trinajstić information content (AvgIpc) is 3.66. The lowest BCUT2D eigenvalue weighted by atomic mass is 10.1. The molecule has 1 aliphatic carbocycles. The normalized spacial score (nSPS) is 25.4. The van der Waals surface area contributed by atoms with E-state index < -0.39 is 72.5 Å². The van der Waals surface area contributed by atoms with E-state index >= 15 is 0 Å². The quantitative estimate of drug-likeness (QED) is 0.116. The molecule has 2 aromatic rings. The number of halogens is 1. The lowest BCUT2D eigenvalue weighted by Gasteiger charge is -2.31. The van der Waals surface area contributed by atoms with E-state index in [1.165, 1.54) is 17.9 Å². The van der Waals surface area contributed by atoms with E-state index in [4.69, 9.17) is 25.8 Å². The molecule has 7 N–H and O–H groups in total. The molecule has 0 radical (unpaired) electrons. The number of carbonyl (C=O) groups excluding carboxylic acids is 2. The van der Waals surface area contributed by atoms with Crippen LogP contribution in [0, 0.1) is 0 Å². The van der Waals surface area contributed by atoms with Crippen molar-refractivity contribution in [2.24, 2.45) is 4.36 Å². The molecule has 0 aromatic carbocycles. The molecule has 0 spiro atoms. The lowest BCUT2D eigenvalue weighted by molar-refractivity contribution is -0.149. The Hall–Kier alpha value is -2.52. The maximum absolute atomic E-state index is 13.1. The second kappa shape index (κ2) is 13.5. The van der Waals surface area contributed by atoms with E-state index in [1.54, 1.807) is 0 Å². The van der Waals surface area contributed by atoms with Crippen molar-refractivity contribution in [1.82, 2.24) is 29.8 Å². The van der Waals surface area contributed by atoms with Crippen LogP contribution in [0.5, 0.6) is 0 Å². The van der Waals surface area contributed by atoms with Crippen LogP contribution in [0.4, 0.5) is 10.6 Å². The first kappa shape index (κ1) is 34.4. The van der Waals surface area contributed by atoms with Gasteiger partial charge in [0.25, 0.3) is 5.34 Å². The summed E-state index contributed by atoms with van der Waals surface area (Å²) in [4.78, 5) is 53.5. The molecule has 22 heteroatoms. The highest BCUT2D eigenvalue weighted by molar-refractivity contribution is 7.91. The number of carbonyl (C=O) groups is 2. The van der Waals surface area contributed by atoms with Crippen LogP contribution >= 0.6 is 19.2 Å². The number of amides is 3. The number of aliphatic hydroxyl groups is 2. The Morgan fingerprint density at radius 1 is 1.27 bits per heavy atom. The highest BCUT2D eigenvalue weighted by atomic mass is 35.5. The molecule has 2 aromatic heterocycles. The highest BCUT2D eigenvalue weighted by Gasteiger charge is 2.57. The molecular weight excluding hydrogens is 651 g/mol. The van der Waals surface area contributed by atoms with Gasteiger partial charge in [-0.05, 0) is 24.4 Å². The van der Waals surface area contributed by atoms with E-state index in [1.807, 2.05) is 4.72 Å². The second-order valence-corrected chi connectivity index (χ2v) is 14.4. The summed E-state index contributed by atoms with van der Waals surface area (Å²) >= 11 is 6.17. The zero-order valence-electron chi connectivity index (χ0n) is 23.8. The number of aromatic nitrogens is 4. The number of fused-ring (bicyclic) bond motifs is 1. The molecule has 246 valence electrons. The average molecular weight is 685 g/mol. The molecule has 1 saturated carbocycles. The summed E-state index contributed by atoms with van der Waals surface area (Å²) in [5.41, 5.74) is 0.169. The van der Waals surface area contributed by atoms with E-state index in [0.29, 0.717) is 11.2 Å². The summed E-state index contributed by atoms with van der Waals surface area (Å²) in [7, 11) is -7.26. The fourth-order valence-electron chi connectivity index (χ4n) is 4.88. The Kier molecular flexibility index (Phi) is 10.5. The molecule has 44 heavy (non-hydrogen) atoms. The standard InChI is InChI=1S/C22H34ClN8O11PS/c1-24-21(35)30-44(3,39)29-19(34)22(10-40-2,43(36,37)38)41-9-13-14(32)15(33)18(42-13)31-17-12(8-25-31)16(27-20(23)28-17)26-11-6-4-5-7-11/h8,11,13-15,18,32-33H,4-7,9-10H2,1-3H3,(H,26,27,28)(H2,36,37,38)(H2,24,29,30,34,35,39)/t13-,14-,15-,18-,22+,44?/m1/s1. The Labute approximate surface area is 256 Å². The largest absolute Gasteiger partial charge is 0.387 e. The number of ether oxygens (including phenoxy) is 3. The van der Waals surface area contributed by atoms with Gasteiger partial charge in [0.1, 0.15) is 34.0 Å². The fourth-order valence-corrected chi connectivity index (χ4v) is 6.90. The lowest BCUT2D eigenvalue weighted by Crippen LogP contribution is -2.48. The van der Waals surface area contributed by atoms with Gasteiger partial charge >= 0.3 is 19.5 Å². The van der Waals surface area contributed by atoms with Crippen molar-refractivity contribution in [1.29, 1.82) is 0 Å². The smallest absolute Gasteiger partial charge is 0.369 e. The summed E-state index contributed by atoms with van der Waals surface area (Å²) < 4.78 is 47.6. The first-order chi connectivity index (χ1) is 20.6. The Bertz CT molecular complexity index is 1560. The number of hydrogen-bond donors (Lipinski definition) is 7. The maximum atomic E-state index is 13.1. The van der Waals surface area contributed by atoms with Crippen LogP contribution in [0.25, 0.3) is 11.0 Å². The molecule has 6 atom stereocenters. The van der Waals surface area contributed by atoms with Crippen molar-refractivity contribution in [3.63, 3.8) is 0 Å². The maximum Gasteiger partial charge on any atom is 0.369 e. The third-order valence-corrected chi connectivity index (χ3v) is 9.74. The molecule has 2 aliphatic rings. The highest BCUT2D eigenvalue weighted by Crippen LogP contribution is 2.53. The molecule has 1 saturated heterocycles. The summed E-state index contributed by atoms with van der Waals surface area (Å²) in [6.07, 6.45) is 0.109. The summed E-state index contributed by atoms with van der Waals surface area (Å²) in [5.74, 6) is -1.29. The minimum Gasteiger partial charge on any atom is -0.387 e. The van der Waals surface area contributed by atoms with Gasteiger partial charge in [-0.1, -0.05) is 12.8 Å². The van der Waals surface area contributed by atoms with Crippen molar-refractivity contribution < 1.29 is 52.6 Å². The zero-order valence-corrected chi connectivity index (χ0v) is 26.3. The SMILES string of the molecule is CNC(=O)NS(C)(=O)=NC(=O)[C@@](COC)(OC[C@H]1O[C@@H](n2ncc3c(NC4CCCC4)nc(Cl)nc32)[C@H](O)[C@@H]1O)P(=O)(O)O. The molecule has 3 amide bonds. The Morgan fingerprint density at radius 2 is 1.95 bits per heavy atom. The number of nitrogens with zero attached hydrogens (tertiary/aromatic N) is 5. The summed E-state index contributed by atoms with van der Waals surface area (Å²) in [5, 5.41) is 28.5. The minimum absolute atomic E-state index is 0.112. The van der Waals surface area contributed by atoms with Crippen molar-refractivity contribution in [3.05, 3.63) is 11.5 Å². The molecule has 4 rings (SSSR count). The van der Waals surface area contributed by atoms with Crippen LogP contribution in [-0.2, 0) is 33.5 Å². The molecule has 2 fully saturated rings. The molecule has 1 aliphatic heterocycles. The Balaban J connectivity index is 1.60. The van der Waals surface area contributed by atoms with Crippen LogP contribution in [0.1, 0.15) is 31.9 Å². The van der Waals surface area contributed by atoms with Crippen molar-refractivity contribution >= 4 is 57.9 Å². The van der Waals surface area contributed by atoms with Crippen LogP contribution in [-0.4, -0.2) is 119 Å².